The van der Waals surface area contributed by atoms with E-state index < -0.39 is 11.8 Å². The van der Waals surface area contributed by atoms with Gasteiger partial charge in [0.2, 0.25) is 0 Å². The van der Waals surface area contributed by atoms with Gasteiger partial charge < -0.3 is 10.1 Å². The highest BCUT2D eigenvalue weighted by atomic mass is 35.5. The van der Waals surface area contributed by atoms with Crippen molar-refractivity contribution in [2.24, 2.45) is 0 Å². The first-order valence-electron chi connectivity index (χ1n) is 10.1. The Morgan fingerprint density at radius 2 is 1.79 bits per heavy atom. The van der Waals surface area contributed by atoms with Gasteiger partial charge in [-0.05, 0) is 55.5 Å². The lowest BCUT2D eigenvalue weighted by Gasteiger charge is -2.14. The maximum absolute atomic E-state index is 12.8. The molecule has 7 nitrogen and oxygen atoms in total. The van der Waals surface area contributed by atoms with Crippen molar-refractivity contribution in [2.75, 3.05) is 16.9 Å². The first-order chi connectivity index (χ1) is 15.9. The fourth-order valence-corrected chi connectivity index (χ4v) is 3.39. The number of hydrazine groups is 1. The van der Waals surface area contributed by atoms with Crippen LogP contribution in [-0.4, -0.2) is 24.3 Å². The lowest BCUT2D eigenvalue weighted by Crippen LogP contribution is -2.35. The van der Waals surface area contributed by atoms with Gasteiger partial charge in [-0.25, -0.2) is 5.01 Å². The fourth-order valence-electron chi connectivity index (χ4n) is 3.21. The molecule has 3 aromatic rings. The van der Waals surface area contributed by atoms with E-state index in [9.17, 15) is 14.4 Å². The third-order valence-corrected chi connectivity index (χ3v) is 5.11. The van der Waals surface area contributed by atoms with Crippen LogP contribution in [0.4, 0.5) is 11.4 Å². The molecule has 0 bridgehead atoms. The second-order valence-electron chi connectivity index (χ2n) is 7.36. The Labute approximate surface area is 195 Å². The number of carbonyl (C=O) groups excluding carboxylic acids is 3. The van der Waals surface area contributed by atoms with Gasteiger partial charge in [-0.3, -0.25) is 19.8 Å². The number of aryl methyl sites for hydroxylation is 1. The van der Waals surface area contributed by atoms with Crippen molar-refractivity contribution >= 4 is 46.8 Å². The number of anilines is 2. The van der Waals surface area contributed by atoms with Crippen LogP contribution in [0.3, 0.4) is 0 Å². The van der Waals surface area contributed by atoms with Gasteiger partial charge in [0.25, 0.3) is 17.7 Å². The first-order valence-corrected chi connectivity index (χ1v) is 10.5. The molecule has 0 saturated carbocycles. The summed E-state index contributed by atoms with van der Waals surface area (Å²) in [6.07, 6.45) is 1.40. The van der Waals surface area contributed by atoms with Crippen LogP contribution in [0.15, 0.2) is 78.4 Å². The molecule has 166 valence electrons. The Morgan fingerprint density at radius 1 is 1.06 bits per heavy atom. The van der Waals surface area contributed by atoms with E-state index in [0.29, 0.717) is 27.7 Å². The SMILES string of the molecule is Cc1ccc(NC(=O)COc2ccc(Cl)cc2/C=C2/C(=O)NN(c3ccccc3)C2=O)cc1. The van der Waals surface area contributed by atoms with E-state index in [1.165, 1.54) is 11.1 Å². The quantitative estimate of drug-likeness (QED) is 0.427. The van der Waals surface area contributed by atoms with Gasteiger partial charge in [-0.2, -0.15) is 0 Å². The van der Waals surface area contributed by atoms with Crippen molar-refractivity contribution in [1.29, 1.82) is 0 Å². The smallest absolute Gasteiger partial charge is 0.282 e. The van der Waals surface area contributed by atoms with E-state index in [-0.39, 0.29) is 18.1 Å². The van der Waals surface area contributed by atoms with Gasteiger partial charge in [-0.15, -0.1) is 0 Å². The molecule has 0 spiro atoms. The van der Waals surface area contributed by atoms with Gasteiger partial charge in [0.15, 0.2) is 6.61 Å². The summed E-state index contributed by atoms with van der Waals surface area (Å²) in [6, 6.07) is 20.9. The predicted molar refractivity (Wildman–Crippen MR) is 127 cm³/mol. The largest absolute Gasteiger partial charge is 0.483 e. The molecule has 33 heavy (non-hydrogen) atoms. The highest BCUT2D eigenvalue weighted by molar-refractivity contribution is 6.32. The molecule has 1 aliphatic heterocycles. The van der Waals surface area contributed by atoms with Crippen molar-refractivity contribution < 1.29 is 19.1 Å². The highest BCUT2D eigenvalue weighted by Gasteiger charge is 2.34. The Bertz CT molecular complexity index is 1240. The van der Waals surface area contributed by atoms with Crippen molar-refractivity contribution in [1.82, 2.24) is 5.43 Å². The average Bonchev–Trinajstić information content (AvgIpc) is 3.09. The third-order valence-electron chi connectivity index (χ3n) is 4.87. The third kappa shape index (κ3) is 5.22. The summed E-state index contributed by atoms with van der Waals surface area (Å²) in [4.78, 5) is 37.6. The van der Waals surface area contributed by atoms with E-state index in [4.69, 9.17) is 16.3 Å². The molecular weight excluding hydrogens is 442 g/mol. The summed E-state index contributed by atoms with van der Waals surface area (Å²) in [5.74, 6) is -1.09. The summed E-state index contributed by atoms with van der Waals surface area (Å²) in [6.45, 7) is 1.70. The minimum absolute atomic E-state index is 0.0740. The van der Waals surface area contributed by atoms with E-state index in [2.05, 4.69) is 10.7 Å². The van der Waals surface area contributed by atoms with E-state index in [1.54, 1.807) is 54.6 Å². The zero-order valence-corrected chi connectivity index (χ0v) is 18.4. The van der Waals surface area contributed by atoms with Crippen molar-refractivity contribution in [2.45, 2.75) is 6.92 Å². The van der Waals surface area contributed by atoms with E-state index >= 15 is 0 Å². The lowest BCUT2D eigenvalue weighted by atomic mass is 10.1. The molecular formula is C25H20ClN3O4. The average molecular weight is 462 g/mol. The molecule has 3 aromatic carbocycles. The Hall–Kier alpha value is -4.10. The molecule has 4 rings (SSSR count). The zero-order valence-electron chi connectivity index (χ0n) is 17.7. The number of amides is 3. The summed E-state index contributed by atoms with van der Waals surface area (Å²) < 4.78 is 5.67. The Balaban J connectivity index is 1.51. The Kier molecular flexibility index (Phi) is 6.42. The standard InChI is InChI=1S/C25H20ClN3O4/c1-16-7-10-19(11-8-16)27-23(30)15-33-22-12-9-18(26)13-17(22)14-21-24(31)28-29(25(21)32)20-5-3-2-4-6-20/h2-14H,15H2,1H3,(H,27,30)(H,28,31)/b21-14-. The van der Waals surface area contributed by atoms with Gasteiger partial charge in [0, 0.05) is 16.3 Å². The molecule has 0 aromatic heterocycles. The number of carbonyl (C=O) groups is 3. The number of halogens is 1. The molecule has 1 aliphatic rings. The van der Waals surface area contributed by atoms with Gasteiger partial charge in [-0.1, -0.05) is 47.5 Å². The zero-order chi connectivity index (χ0) is 23.4. The maximum atomic E-state index is 12.8. The topological polar surface area (TPSA) is 87.7 Å². The molecule has 1 heterocycles. The highest BCUT2D eigenvalue weighted by Crippen LogP contribution is 2.28. The van der Waals surface area contributed by atoms with Crippen LogP contribution >= 0.6 is 11.6 Å². The van der Waals surface area contributed by atoms with Gasteiger partial charge in [0.1, 0.15) is 11.3 Å². The molecule has 1 fully saturated rings. The van der Waals surface area contributed by atoms with Crippen LogP contribution in [0.1, 0.15) is 11.1 Å². The minimum atomic E-state index is -0.549. The van der Waals surface area contributed by atoms with Crippen LogP contribution in [0.25, 0.3) is 6.08 Å². The lowest BCUT2D eigenvalue weighted by molar-refractivity contribution is -0.118. The summed E-state index contributed by atoms with van der Waals surface area (Å²) in [7, 11) is 0. The van der Waals surface area contributed by atoms with Crippen LogP contribution < -0.4 is 20.5 Å². The number of ether oxygens (including phenoxy) is 1. The van der Waals surface area contributed by atoms with Crippen LogP contribution in [0, 0.1) is 6.92 Å². The minimum Gasteiger partial charge on any atom is -0.483 e. The molecule has 0 unspecified atom stereocenters. The van der Waals surface area contributed by atoms with Crippen molar-refractivity contribution in [3.63, 3.8) is 0 Å². The summed E-state index contributed by atoms with van der Waals surface area (Å²) in [5.41, 5.74) is 5.15. The molecule has 0 aliphatic carbocycles. The molecule has 2 N–H and O–H groups in total. The summed E-state index contributed by atoms with van der Waals surface area (Å²) in [5, 5.41) is 4.32. The molecule has 0 radical (unpaired) electrons. The number of benzene rings is 3. The monoisotopic (exact) mass is 461 g/mol. The number of hydrogen-bond acceptors (Lipinski definition) is 4. The normalized spacial score (nSPS) is 14.4. The molecule has 3 amide bonds. The first kappa shape index (κ1) is 22.1. The fraction of sp³-hybridized carbons (Fsp3) is 0.0800. The summed E-state index contributed by atoms with van der Waals surface area (Å²) >= 11 is 6.12. The van der Waals surface area contributed by atoms with Crippen molar-refractivity contribution in [3.05, 3.63) is 94.5 Å². The second kappa shape index (κ2) is 9.58. The Morgan fingerprint density at radius 3 is 2.52 bits per heavy atom. The predicted octanol–water partition coefficient (Wildman–Crippen LogP) is 4.13. The van der Waals surface area contributed by atoms with Gasteiger partial charge >= 0.3 is 0 Å². The molecule has 8 heteroatoms. The molecule has 1 saturated heterocycles. The van der Waals surface area contributed by atoms with Crippen molar-refractivity contribution in [3.8, 4) is 5.75 Å². The number of hydrogen-bond donors (Lipinski definition) is 2. The number of para-hydroxylation sites is 1. The van der Waals surface area contributed by atoms with E-state index in [0.717, 1.165) is 5.56 Å². The van der Waals surface area contributed by atoms with Gasteiger partial charge in [0.05, 0.1) is 5.69 Å². The van der Waals surface area contributed by atoms with Crippen LogP contribution in [0.2, 0.25) is 5.02 Å². The number of rotatable bonds is 6. The van der Waals surface area contributed by atoms with Crippen LogP contribution in [-0.2, 0) is 14.4 Å². The van der Waals surface area contributed by atoms with Crippen LogP contribution in [0.5, 0.6) is 5.75 Å². The second-order valence-corrected chi connectivity index (χ2v) is 7.80. The maximum Gasteiger partial charge on any atom is 0.282 e. The number of nitrogens with zero attached hydrogens (tertiary/aromatic N) is 1. The number of nitrogens with one attached hydrogen (secondary N) is 2. The van der Waals surface area contributed by atoms with E-state index in [1.807, 2.05) is 25.1 Å². The molecule has 0 atom stereocenters.